The number of pyridine rings is 1. The number of nitrogens with zero attached hydrogens (tertiary/aromatic N) is 2. The van der Waals surface area contributed by atoms with Gasteiger partial charge in [0.05, 0.1) is 24.9 Å². The van der Waals surface area contributed by atoms with E-state index in [0.29, 0.717) is 34.5 Å². The Kier molecular flexibility index (Phi) is 13.3. The highest BCUT2D eigenvalue weighted by Gasteiger charge is 2.62. The summed E-state index contributed by atoms with van der Waals surface area (Å²) in [4.78, 5) is 61.3. The van der Waals surface area contributed by atoms with Gasteiger partial charge in [0.1, 0.15) is 34.8 Å². The number of nitrogens with one attached hydrogen (secondary N) is 3. The lowest BCUT2D eigenvalue weighted by Gasteiger charge is -2.32. The van der Waals surface area contributed by atoms with Gasteiger partial charge in [-0.25, -0.2) is 14.5 Å². The molecule has 2 heterocycles. The van der Waals surface area contributed by atoms with Gasteiger partial charge in [0.25, 0.3) is 5.91 Å². The van der Waals surface area contributed by atoms with E-state index in [0.717, 1.165) is 42.4 Å². The van der Waals surface area contributed by atoms with E-state index in [-0.39, 0.29) is 25.3 Å². The number of sulfonamides is 1. The number of amides is 4. The fraction of sp³-hybridized carbons (Fsp3) is 0.512. The van der Waals surface area contributed by atoms with Gasteiger partial charge in [0.2, 0.25) is 11.8 Å². The quantitative estimate of drug-likeness (QED) is 0.151. The molecule has 4 amide bonds. The number of aromatic nitrogens is 1. The van der Waals surface area contributed by atoms with Gasteiger partial charge in [-0.1, -0.05) is 68.5 Å². The zero-order chi connectivity index (χ0) is 44.3. The molecule has 0 spiro atoms. The van der Waals surface area contributed by atoms with Gasteiger partial charge in [-0.3, -0.25) is 14.4 Å². The summed E-state index contributed by atoms with van der Waals surface area (Å²) in [5.41, 5.74) is -6.67. The molecule has 330 valence electrons. The predicted molar refractivity (Wildman–Crippen MR) is 220 cm³/mol. The second-order valence-electron chi connectivity index (χ2n) is 17.0. The minimum absolute atomic E-state index is 0.0284. The Bertz CT molecular complexity index is 2250. The number of hydrogen-bond acceptors (Lipinski definition) is 10. The minimum atomic E-state index is -6.08. The number of methoxy groups -OCH3 is 1. The zero-order valence-corrected chi connectivity index (χ0v) is 35.4. The van der Waals surface area contributed by atoms with Crippen LogP contribution in [0.2, 0.25) is 0 Å². The van der Waals surface area contributed by atoms with Gasteiger partial charge in [0, 0.05) is 47.9 Å². The minimum Gasteiger partial charge on any atom is -0.497 e. The molecule has 3 aromatic rings. The third kappa shape index (κ3) is 10.7. The Morgan fingerprint density at radius 1 is 1.03 bits per heavy atom. The molecule has 0 bridgehead atoms. The monoisotopic (exact) mass is 871 g/mol. The largest absolute Gasteiger partial charge is 0.516 e. The van der Waals surface area contributed by atoms with Crippen LogP contribution in [-0.4, -0.2) is 90.6 Å². The highest BCUT2D eigenvalue weighted by atomic mass is 32.2. The van der Waals surface area contributed by atoms with Crippen molar-refractivity contribution in [1.82, 2.24) is 25.2 Å². The summed E-state index contributed by atoms with van der Waals surface area (Å²) in [6.07, 6.45) is 4.23. The second-order valence-corrected chi connectivity index (χ2v) is 18.6. The molecule has 2 saturated carbocycles. The molecular weight excluding hydrogens is 820 g/mol. The van der Waals surface area contributed by atoms with Crippen LogP contribution in [-0.2, 0) is 29.1 Å². The fourth-order valence-electron chi connectivity index (χ4n) is 8.21. The van der Waals surface area contributed by atoms with Crippen LogP contribution in [0.3, 0.4) is 0 Å². The van der Waals surface area contributed by atoms with Crippen molar-refractivity contribution in [2.75, 3.05) is 13.7 Å². The summed E-state index contributed by atoms with van der Waals surface area (Å²) in [5.74, 6) is -2.62. The Labute approximate surface area is 353 Å². The molecule has 3 aliphatic rings. The lowest BCUT2D eigenvalue weighted by atomic mass is 9.84. The number of fused-ring (bicyclic) bond motifs is 1. The maximum atomic E-state index is 14.8. The molecule has 1 saturated heterocycles. The van der Waals surface area contributed by atoms with Crippen molar-refractivity contribution in [1.29, 1.82) is 0 Å². The normalized spacial score (nSPS) is 22.5. The zero-order valence-electron chi connectivity index (χ0n) is 34.5. The summed E-state index contributed by atoms with van der Waals surface area (Å²) < 4.78 is 82.2. The number of rotatable bonds is 14. The first-order valence-corrected chi connectivity index (χ1v) is 21.8. The number of alkyl halides is 3. The van der Waals surface area contributed by atoms with Crippen LogP contribution in [0.15, 0.2) is 67.3 Å². The molecule has 2 aromatic carbocycles. The number of ether oxygens (including phenoxy) is 3. The van der Waals surface area contributed by atoms with Crippen molar-refractivity contribution in [3.63, 3.8) is 0 Å². The van der Waals surface area contributed by atoms with Crippen molar-refractivity contribution >= 4 is 44.7 Å². The van der Waals surface area contributed by atoms with E-state index in [2.05, 4.69) is 17.2 Å². The molecule has 18 heteroatoms. The first kappa shape index (κ1) is 45.1. The number of likely N-dealkylation sites (tertiary alicyclic amines) is 1. The molecule has 2 aliphatic carbocycles. The first-order valence-electron chi connectivity index (χ1n) is 20.3. The molecule has 6 rings (SSSR count). The summed E-state index contributed by atoms with van der Waals surface area (Å²) in [7, 11) is -4.54. The van der Waals surface area contributed by atoms with E-state index in [4.69, 9.17) is 19.2 Å². The molecule has 1 aliphatic heterocycles. The van der Waals surface area contributed by atoms with Gasteiger partial charge in [-0.05, 0) is 51.7 Å². The summed E-state index contributed by atoms with van der Waals surface area (Å²) in [6, 6.07) is 14.6. The van der Waals surface area contributed by atoms with E-state index in [1.54, 1.807) is 52.1 Å². The summed E-state index contributed by atoms with van der Waals surface area (Å²) in [6.45, 7) is 8.66. The second kappa shape index (κ2) is 17.9. The molecule has 3 N–H and O–H groups in total. The highest BCUT2D eigenvalue weighted by Crippen LogP contribution is 2.45. The van der Waals surface area contributed by atoms with Crippen LogP contribution in [0.5, 0.6) is 11.5 Å². The van der Waals surface area contributed by atoms with Gasteiger partial charge in [-0.15, -0.1) is 6.58 Å². The predicted octanol–water partition coefficient (Wildman–Crippen LogP) is 6.54. The molecule has 14 nitrogen and oxygen atoms in total. The van der Waals surface area contributed by atoms with Crippen molar-refractivity contribution in [2.45, 2.75) is 113 Å². The van der Waals surface area contributed by atoms with E-state index in [9.17, 15) is 40.8 Å². The van der Waals surface area contributed by atoms with E-state index < -0.39 is 81.0 Å². The topological polar surface area (TPSA) is 182 Å². The van der Waals surface area contributed by atoms with Crippen LogP contribution in [0.4, 0.5) is 18.0 Å². The Morgan fingerprint density at radius 3 is 2.36 bits per heavy atom. The first-order chi connectivity index (χ1) is 28.7. The smallest absolute Gasteiger partial charge is 0.497 e. The van der Waals surface area contributed by atoms with Crippen LogP contribution >= 0.6 is 0 Å². The lowest BCUT2D eigenvalue weighted by molar-refractivity contribution is -0.136. The number of carbonyl (C=O) groups is 4. The van der Waals surface area contributed by atoms with Gasteiger partial charge < -0.3 is 29.7 Å². The number of alkyl carbamates (subject to hydrolysis) is 1. The Morgan fingerprint density at radius 2 is 1.74 bits per heavy atom. The summed E-state index contributed by atoms with van der Waals surface area (Å²) >= 11 is 0. The van der Waals surface area contributed by atoms with Gasteiger partial charge in [0.15, 0.2) is 0 Å². The molecular formula is C43H52F3N5O9S. The Balaban J connectivity index is 1.32. The third-order valence-electron chi connectivity index (χ3n) is 11.3. The number of carbonyl (C=O) groups excluding carboxylic acids is 4. The van der Waals surface area contributed by atoms with Crippen molar-refractivity contribution < 1.29 is 55.0 Å². The van der Waals surface area contributed by atoms with Crippen molar-refractivity contribution in [3.8, 4) is 22.8 Å². The number of benzene rings is 2. The standard InChI is InChI=1S/C43H52F3N5O9S/c1-6-28-24-42(28,39(54)50-61(56,57)43(44,45)46)49-37(52)21-29-20-31(25-51(29)38(53)35(19-26-13-9-7-10-14-26)48-40(55)60-41(2,3)4)59-36-23-33(27-15-11-8-12-16-27)47-34-22-30(58-5)17-18-32(34)36/h6,8,11-12,15-18,22-23,26,28-29,31,35H,1,7,9-10,13-14,19-21,24-25H2,2-5H3,(H,48,55)(H,49,52)(H,50,54)/t28?,29-,31+,35-,42?/m0/s1. The average molecular weight is 872 g/mol. The maximum Gasteiger partial charge on any atom is 0.516 e. The summed E-state index contributed by atoms with van der Waals surface area (Å²) in [5, 5.41) is 5.89. The van der Waals surface area contributed by atoms with Crippen molar-refractivity contribution in [2.24, 2.45) is 11.8 Å². The lowest BCUT2D eigenvalue weighted by Crippen LogP contribution is -2.55. The van der Waals surface area contributed by atoms with E-state index in [1.165, 1.54) is 11.0 Å². The average Bonchev–Trinajstić information content (AvgIpc) is 3.78. The molecule has 3 fully saturated rings. The van der Waals surface area contributed by atoms with Gasteiger partial charge in [-0.2, -0.15) is 21.6 Å². The van der Waals surface area contributed by atoms with E-state index >= 15 is 0 Å². The number of hydrogen-bond donors (Lipinski definition) is 3. The fourth-order valence-corrected chi connectivity index (χ4v) is 8.75. The molecule has 1 aromatic heterocycles. The maximum absolute atomic E-state index is 14.8. The van der Waals surface area contributed by atoms with Crippen molar-refractivity contribution in [3.05, 3.63) is 67.3 Å². The molecule has 2 unspecified atom stereocenters. The van der Waals surface area contributed by atoms with E-state index in [1.807, 2.05) is 30.3 Å². The van der Waals surface area contributed by atoms with Crippen LogP contribution in [0, 0.1) is 11.8 Å². The molecule has 0 radical (unpaired) electrons. The van der Waals surface area contributed by atoms with Crippen LogP contribution in [0.25, 0.3) is 22.2 Å². The molecule has 5 atom stereocenters. The number of halogens is 3. The third-order valence-corrected chi connectivity index (χ3v) is 12.4. The SMILES string of the molecule is C=CC1CC1(NC(=O)C[C@@H]1C[C@@H](Oc2cc(-c3ccccc3)nc3cc(OC)ccc23)CN1C(=O)[C@H](CC1CCCCC1)NC(=O)OC(C)(C)C)C(=O)NS(=O)(=O)C(F)(F)F. The Hall–Kier alpha value is -5.39. The molecule has 61 heavy (non-hydrogen) atoms. The van der Waals surface area contributed by atoms with Crippen LogP contribution in [0.1, 0.15) is 78.6 Å². The van der Waals surface area contributed by atoms with Crippen LogP contribution < -0.4 is 24.8 Å². The van der Waals surface area contributed by atoms with Gasteiger partial charge >= 0.3 is 21.6 Å². The highest BCUT2D eigenvalue weighted by molar-refractivity contribution is 7.90.